The van der Waals surface area contributed by atoms with Crippen LogP contribution in [0.3, 0.4) is 0 Å². The maximum Gasteiger partial charge on any atom is 0.163 e. The lowest BCUT2D eigenvalue weighted by Gasteiger charge is -2.17. The molecular formula is C15H18N6. The van der Waals surface area contributed by atoms with Crippen LogP contribution in [-0.2, 0) is 12.0 Å². The Bertz CT molecular complexity index is 767. The topological polar surface area (TPSA) is 69.4 Å². The van der Waals surface area contributed by atoms with Crippen molar-refractivity contribution in [3.63, 3.8) is 0 Å². The van der Waals surface area contributed by atoms with Gasteiger partial charge in [0.15, 0.2) is 5.65 Å². The zero-order valence-electron chi connectivity index (χ0n) is 12.7. The van der Waals surface area contributed by atoms with E-state index in [0.717, 1.165) is 28.2 Å². The van der Waals surface area contributed by atoms with Gasteiger partial charge in [0, 0.05) is 11.6 Å². The number of fused-ring (bicyclic) bond motifs is 1. The summed E-state index contributed by atoms with van der Waals surface area (Å²) < 4.78 is 1.98. The molecule has 0 aliphatic heterocycles. The molecule has 3 heterocycles. The molecule has 0 aliphatic carbocycles. The third-order valence-corrected chi connectivity index (χ3v) is 3.28. The second-order valence-corrected chi connectivity index (χ2v) is 6.17. The Labute approximate surface area is 123 Å². The number of rotatable bonds is 2. The van der Waals surface area contributed by atoms with Gasteiger partial charge in [0.25, 0.3) is 0 Å². The van der Waals surface area contributed by atoms with Gasteiger partial charge >= 0.3 is 0 Å². The number of hydrogen-bond donors (Lipinski definition) is 0. The predicted molar refractivity (Wildman–Crippen MR) is 79.9 cm³/mol. The third-order valence-electron chi connectivity index (χ3n) is 3.28. The van der Waals surface area contributed by atoms with Crippen LogP contribution in [0.5, 0.6) is 0 Å². The molecule has 0 bridgehead atoms. The molecule has 0 aromatic carbocycles. The van der Waals surface area contributed by atoms with Crippen molar-refractivity contribution in [1.29, 1.82) is 0 Å². The van der Waals surface area contributed by atoms with Crippen LogP contribution in [0.2, 0.25) is 0 Å². The first kappa shape index (κ1) is 13.6. The number of nitrogens with zero attached hydrogens (tertiary/aromatic N) is 6. The van der Waals surface area contributed by atoms with Crippen molar-refractivity contribution < 1.29 is 0 Å². The van der Waals surface area contributed by atoms with Gasteiger partial charge in [-0.1, -0.05) is 20.8 Å². The van der Waals surface area contributed by atoms with Gasteiger partial charge in [0.1, 0.15) is 11.8 Å². The first-order valence-corrected chi connectivity index (χ1v) is 6.89. The quantitative estimate of drug-likeness (QED) is 0.721. The highest BCUT2D eigenvalue weighted by molar-refractivity contribution is 5.74. The van der Waals surface area contributed by atoms with Crippen LogP contribution in [0.15, 0.2) is 25.0 Å². The standard InChI is InChI=1S/C15H18N6/c1-10-5-17-11(6-16-10)7-21-9-20-12-13(15(2,3)4)18-8-19-14(12)21/h5-6,8-9H,7H2,1-4H3. The summed E-state index contributed by atoms with van der Waals surface area (Å²) in [6.07, 6.45) is 6.94. The Morgan fingerprint density at radius 1 is 1.00 bits per heavy atom. The molecule has 0 saturated carbocycles. The average Bonchev–Trinajstić information content (AvgIpc) is 2.83. The Morgan fingerprint density at radius 3 is 2.48 bits per heavy atom. The summed E-state index contributed by atoms with van der Waals surface area (Å²) >= 11 is 0. The normalized spacial score (nSPS) is 12.0. The summed E-state index contributed by atoms with van der Waals surface area (Å²) in [5.74, 6) is 0. The van der Waals surface area contributed by atoms with Crippen molar-refractivity contribution in [3.8, 4) is 0 Å². The predicted octanol–water partition coefficient (Wildman–Crippen LogP) is 2.27. The van der Waals surface area contributed by atoms with E-state index in [4.69, 9.17) is 0 Å². The summed E-state index contributed by atoms with van der Waals surface area (Å²) in [5.41, 5.74) is 4.37. The molecule has 21 heavy (non-hydrogen) atoms. The first-order valence-electron chi connectivity index (χ1n) is 6.89. The minimum atomic E-state index is -0.0654. The molecule has 0 N–H and O–H groups in total. The molecule has 6 heteroatoms. The van der Waals surface area contributed by atoms with Crippen molar-refractivity contribution in [2.45, 2.75) is 39.7 Å². The minimum absolute atomic E-state index is 0.0654. The lowest BCUT2D eigenvalue weighted by atomic mass is 9.91. The van der Waals surface area contributed by atoms with Crippen molar-refractivity contribution in [2.75, 3.05) is 0 Å². The van der Waals surface area contributed by atoms with E-state index in [2.05, 4.69) is 45.7 Å². The molecule has 3 rings (SSSR count). The van der Waals surface area contributed by atoms with Crippen LogP contribution >= 0.6 is 0 Å². The molecule has 0 radical (unpaired) electrons. The monoisotopic (exact) mass is 282 g/mol. The molecule has 0 saturated heterocycles. The highest BCUT2D eigenvalue weighted by Crippen LogP contribution is 2.25. The van der Waals surface area contributed by atoms with Crippen LogP contribution in [0.1, 0.15) is 37.9 Å². The molecule has 0 fully saturated rings. The summed E-state index contributed by atoms with van der Waals surface area (Å²) in [5, 5.41) is 0. The van der Waals surface area contributed by atoms with Crippen molar-refractivity contribution in [2.24, 2.45) is 0 Å². The van der Waals surface area contributed by atoms with Crippen LogP contribution in [0, 0.1) is 6.92 Å². The molecule has 0 aliphatic rings. The molecule has 6 nitrogen and oxygen atoms in total. The zero-order valence-corrected chi connectivity index (χ0v) is 12.7. The molecular weight excluding hydrogens is 264 g/mol. The first-order chi connectivity index (χ1) is 9.95. The van der Waals surface area contributed by atoms with Crippen LogP contribution in [0.4, 0.5) is 0 Å². The van der Waals surface area contributed by atoms with E-state index in [1.165, 1.54) is 0 Å². The fourth-order valence-electron chi connectivity index (χ4n) is 2.22. The second kappa shape index (κ2) is 4.87. The van der Waals surface area contributed by atoms with Gasteiger partial charge in [0.05, 0.1) is 36.2 Å². The van der Waals surface area contributed by atoms with Crippen molar-refractivity contribution in [3.05, 3.63) is 42.1 Å². The van der Waals surface area contributed by atoms with E-state index < -0.39 is 0 Å². The minimum Gasteiger partial charge on any atom is -0.309 e. The van der Waals surface area contributed by atoms with Gasteiger partial charge in [-0.15, -0.1) is 0 Å². The highest BCUT2D eigenvalue weighted by atomic mass is 15.1. The molecule has 0 atom stereocenters. The fourth-order valence-corrected chi connectivity index (χ4v) is 2.22. The van der Waals surface area contributed by atoms with Crippen LogP contribution in [0.25, 0.3) is 11.2 Å². The number of aryl methyl sites for hydroxylation is 1. The molecule has 0 unspecified atom stereocenters. The van der Waals surface area contributed by atoms with E-state index in [-0.39, 0.29) is 5.41 Å². The summed E-state index contributed by atoms with van der Waals surface area (Å²) in [7, 11) is 0. The van der Waals surface area contributed by atoms with E-state index in [0.29, 0.717) is 6.54 Å². The van der Waals surface area contributed by atoms with Gasteiger partial charge in [-0.05, 0) is 6.92 Å². The number of hydrogen-bond acceptors (Lipinski definition) is 5. The van der Waals surface area contributed by atoms with E-state index in [9.17, 15) is 0 Å². The van der Waals surface area contributed by atoms with Crippen molar-refractivity contribution in [1.82, 2.24) is 29.5 Å². The molecule has 0 spiro atoms. The lowest BCUT2D eigenvalue weighted by molar-refractivity contribution is 0.572. The van der Waals surface area contributed by atoms with Gasteiger partial charge < -0.3 is 4.57 Å². The van der Waals surface area contributed by atoms with Crippen LogP contribution < -0.4 is 0 Å². The molecule has 3 aromatic heterocycles. The molecule has 0 amide bonds. The smallest absolute Gasteiger partial charge is 0.163 e. The molecule has 108 valence electrons. The Morgan fingerprint density at radius 2 is 1.81 bits per heavy atom. The Balaban J connectivity index is 2.03. The van der Waals surface area contributed by atoms with Crippen LogP contribution in [-0.4, -0.2) is 29.5 Å². The third kappa shape index (κ3) is 2.61. The highest BCUT2D eigenvalue weighted by Gasteiger charge is 2.21. The lowest BCUT2D eigenvalue weighted by Crippen LogP contribution is -2.14. The summed E-state index contributed by atoms with van der Waals surface area (Å²) in [4.78, 5) is 21.9. The SMILES string of the molecule is Cc1cnc(Cn2cnc3c(C(C)(C)C)ncnc32)cn1. The number of aromatic nitrogens is 6. The summed E-state index contributed by atoms with van der Waals surface area (Å²) in [6, 6.07) is 0. The maximum absolute atomic E-state index is 4.49. The fraction of sp³-hybridized carbons (Fsp3) is 0.400. The van der Waals surface area contributed by atoms with Crippen molar-refractivity contribution >= 4 is 11.2 Å². The number of imidazole rings is 1. The largest absolute Gasteiger partial charge is 0.309 e. The van der Waals surface area contributed by atoms with E-state index in [1.54, 1.807) is 25.0 Å². The Hall–Kier alpha value is -2.37. The van der Waals surface area contributed by atoms with E-state index in [1.807, 2.05) is 11.5 Å². The van der Waals surface area contributed by atoms with Gasteiger partial charge in [-0.3, -0.25) is 9.97 Å². The van der Waals surface area contributed by atoms with Gasteiger partial charge in [0.2, 0.25) is 0 Å². The van der Waals surface area contributed by atoms with E-state index >= 15 is 0 Å². The van der Waals surface area contributed by atoms with Gasteiger partial charge in [-0.25, -0.2) is 15.0 Å². The summed E-state index contributed by atoms with van der Waals surface area (Å²) in [6.45, 7) is 8.90. The maximum atomic E-state index is 4.49. The average molecular weight is 282 g/mol. The van der Waals surface area contributed by atoms with Gasteiger partial charge in [-0.2, -0.15) is 0 Å². The molecule has 3 aromatic rings. The Kier molecular flexibility index (Phi) is 3.16. The zero-order chi connectivity index (χ0) is 15.0. The second-order valence-electron chi connectivity index (χ2n) is 6.17.